The summed E-state index contributed by atoms with van der Waals surface area (Å²) in [7, 11) is 2.06. The molecule has 2 atom stereocenters. The van der Waals surface area contributed by atoms with Crippen molar-refractivity contribution in [3.63, 3.8) is 0 Å². The molecule has 72 valence electrons. The van der Waals surface area contributed by atoms with Crippen LogP contribution in [0.4, 0.5) is 0 Å². The van der Waals surface area contributed by atoms with E-state index < -0.39 is 0 Å². The van der Waals surface area contributed by atoms with Crippen LogP contribution in [0.3, 0.4) is 0 Å². The van der Waals surface area contributed by atoms with Crippen LogP contribution in [0.2, 0.25) is 0 Å². The van der Waals surface area contributed by atoms with Crippen molar-refractivity contribution in [1.82, 2.24) is 4.90 Å². The van der Waals surface area contributed by atoms with Gasteiger partial charge in [0.05, 0.1) is 20.5 Å². The molecule has 0 aliphatic carbocycles. The first-order chi connectivity index (χ1) is 5.56. The fourth-order valence-corrected chi connectivity index (χ4v) is 2.02. The summed E-state index contributed by atoms with van der Waals surface area (Å²) in [6, 6.07) is 0.354. The molecule has 12 heavy (non-hydrogen) atoms. The second-order valence-corrected chi connectivity index (χ2v) is 5.56. The van der Waals surface area contributed by atoms with Crippen LogP contribution in [0.1, 0.15) is 13.3 Å². The van der Waals surface area contributed by atoms with Gasteiger partial charge in [0.1, 0.15) is 6.16 Å². The lowest BCUT2D eigenvalue weighted by Crippen LogP contribution is -2.29. The van der Waals surface area contributed by atoms with E-state index in [0.717, 1.165) is 25.7 Å². The molecule has 3 heteroatoms. The molecule has 0 saturated heterocycles. The van der Waals surface area contributed by atoms with Gasteiger partial charge in [-0.2, -0.15) is 0 Å². The summed E-state index contributed by atoms with van der Waals surface area (Å²) in [5, 5.41) is 0. The highest BCUT2D eigenvalue weighted by Gasteiger charge is 2.09. The van der Waals surface area contributed by atoms with Gasteiger partial charge in [-0.05, 0) is 26.6 Å². The molecule has 0 amide bonds. The first-order valence-corrected chi connectivity index (χ1v) is 6.68. The fourth-order valence-electron chi connectivity index (χ4n) is 1.04. The maximum Gasteiger partial charge on any atom is 0.120 e. The van der Waals surface area contributed by atoms with Gasteiger partial charge in [-0.15, -0.1) is 0 Å². The smallest absolute Gasteiger partial charge is 0.120 e. The Morgan fingerprint density at radius 1 is 1.58 bits per heavy atom. The molecule has 0 rings (SSSR count). The standard InChI is InChI=1S/C9H22N2P/c1-5-11(2)7-6-9(10)8-12(3)4/h9H,3,5-8,10H2,1-2,4H3/q+1. The Balaban J connectivity index is 3.43. The maximum atomic E-state index is 5.93. The van der Waals surface area contributed by atoms with Crippen molar-refractivity contribution in [2.75, 3.05) is 33.0 Å². The molecule has 0 aromatic carbocycles. The van der Waals surface area contributed by atoms with Crippen molar-refractivity contribution in [2.45, 2.75) is 19.4 Å². The summed E-state index contributed by atoms with van der Waals surface area (Å²) >= 11 is 0. The van der Waals surface area contributed by atoms with Gasteiger partial charge >= 0.3 is 0 Å². The molecular weight excluding hydrogens is 167 g/mol. The Labute approximate surface area is 77.5 Å². The number of rotatable bonds is 6. The number of nitrogens with zero attached hydrogens (tertiary/aromatic N) is 1. The summed E-state index contributed by atoms with van der Waals surface area (Å²) < 4.78 is 0. The predicted molar refractivity (Wildman–Crippen MR) is 60.6 cm³/mol. The van der Waals surface area contributed by atoms with E-state index in [4.69, 9.17) is 5.73 Å². The van der Waals surface area contributed by atoms with Crippen LogP contribution in [-0.2, 0) is 0 Å². The van der Waals surface area contributed by atoms with E-state index in [1.54, 1.807) is 0 Å². The van der Waals surface area contributed by atoms with Crippen molar-refractivity contribution in [1.29, 1.82) is 0 Å². The third-order valence-corrected chi connectivity index (χ3v) is 3.06. The molecular formula is C9H22N2P+. The summed E-state index contributed by atoms with van der Waals surface area (Å²) in [6.45, 7) is 6.57. The van der Waals surface area contributed by atoms with Crippen LogP contribution in [0, 0.1) is 0 Å². The minimum Gasteiger partial charge on any atom is -0.324 e. The van der Waals surface area contributed by atoms with Crippen LogP contribution < -0.4 is 5.73 Å². The predicted octanol–water partition coefficient (Wildman–Crippen LogP) is 1.20. The van der Waals surface area contributed by atoms with Gasteiger partial charge in [0.15, 0.2) is 0 Å². The van der Waals surface area contributed by atoms with Gasteiger partial charge in [-0.1, -0.05) is 6.92 Å². The molecule has 0 aliphatic heterocycles. The Bertz CT molecular complexity index is 136. The lowest BCUT2D eigenvalue weighted by atomic mass is 10.2. The topological polar surface area (TPSA) is 29.3 Å². The van der Waals surface area contributed by atoms with Crippen molar-refractivity contribution in [2.24, 2.45) is 5.73 Å². The normalized spacial score (nSPS) is 14.9. The maximum absolute atomic E-state index is 5.93. The zero-order chi connectivity index (χ0) is 9.56. The highest BCUT2D eigenvalue weighted by molar-refractivity contribution is 7.55. The molecule has 0 saturated carbocycles. The lowest BCUT2D eigenvalue weighted by Gasteiger charge is -2.15. The minimum atomic E-state index is -0.0685. The zero-order valence-electron chi connectivity index (χ0n) is 8.58. The molecule has 0 radical (unpaired) electrons. The van der Waals surface area contributed by atoms with E-state index in [9.17, 15) is 0 Å². The lowest BCUT2D eigenvalue weighted by molar-refractivity contribution is 0.338. The molecule has 0 spiro atoms. The van der Waals surface area contributed by atoms with Gasteiger partial charge in [0.2, 0.25) is 0 Å². The van der Waals surface area contributed by atoms with Crippen LogP contribution >= 0.6 is 7.55 Å². The quantitative estimate of drug-likeness (QED) is 0.636. The summed E-state index contributed by atoms with van der Waals surface area (Å²) in [6.07, 6.45) is 6.20. The molecule has 2 unspecified atom stereocenters. The van der Waals surface area contributed by atoms with E-state index in [2.05, 4.69) is 31.8 Å². The first kappa shape index (κ1) is 12.1. The molecule has 0 aromatic heterocycles. The van der Waals surface area contributed by atoms with Crippen molar-refractivity contribution >= 4 is 13.8 Å². The molecule has 2 N–H and O–H groups in total. The fraction of sp³-hybridized carbons (Fsp3) is 0.889. The Kier molecular flexibility index (Phi) is 6.64. The molecule has 0 heterocycles. The van der Waals surface area contributed by atoms with Crippen molar-refractivity contribution in [3.8, 4) is 0 Å². The minimum absolute atomic E-state index is 0.0685. The van der Waals surface area contributed by atoms with Crippen LogP contribution in [0.25, 0.3) is 0 Å². The van der Waals surface area contributed by atoms with Gasteiger partial charge in [0, 0.05) is 6.04 Å². The highest BCUT2D eigenvalue weighted by Crippen LogP contribution is 2.14. The zero-order valence-corrected chi connectivity index (χ0v) is 9.48. The van der Waals surface area contributed by atoms with Crippen LogP contribution in [0.15, 0.2) is 0 Å². The molecule has 2 nitrogen and oxygen atoms in total. The van der Waals surface area contributed by atoms with Gasteiger partial charge < -0.3 is 10.6 Å². The number of hydrogen-bond donors (Lipinski definition) is 1. The largest absolute Gasteiger partial charge is 0.324 e. The first-order valence-electron chi connectivity index (χ1n) is 4.52. The van der Waals surface area contributed by atoms with Crippen molar-refractivity contribution < 1.29 is 0 Å². The third-order valence-electron chi connectivity index (χ3n) is 1.97. The SMILES string of the molecule is C=[P+](C)CC(N)CCN(C)CC. The van der Waals surface area contributed by atoms with Crippen LogP contribution in [0.5, 0.6) is 0 Å². The van der Waals surface area contributed by atoms with E-state index in [1.807, 2.05) is 0 Å². The molecule has 0 aromatic rings. The third kappa shape index (κ3) is 6.78. The van der Waals surface area contributed by atoms with E-state index in [0.29, 0.717) is 6.04 Å². The second kappa shape index (κ2) is 6.59. The summed E-state index contributed by atoms with van der Waals surface area (Å²) in [5.41, 5.74) is 5.93. The molecule has 0 fully saturated rings. The number of hydrogen-bond acceptors (Lipinski definition) is 2. The monoisotopic (exact) mass is 189 g/mol. The molecule has 0 aliphatic rings. The summed E-state index contributed by atoms with van der Waals surface area (Å²) in [5.74, 6) is 0. The average molecular weight is 189 g/mol. The second-order valence-electron chi connectivity index (χ2n) is 3.48. The molecule has 0 bridgehead atoms. The average Bonchev–Trinajstić information content (AvgIpc) is 1.99. The van der Waals surface area contributed by atoms with E-state index in [1.165, 1.54) is 0 Å². The van der Waals surface area contributed by atoms with E-state index >= 15 is 0 Å². The Morgan fingerprint density at radius 2 is 2.17 bits per heavy atom. The Hall–Kier alpha value is 0.0900. The number of nitrogens with two attached hydrogens (primary N) is 1. The van der Waals surface area contributed by atoms with Gasteiger partial charge in [-0.3, -0.25) is 0 Å². The van der Waals surface area contributed by atoms with Crippen molar-refractivity contribution in [3.05, 3.63) is 0 Å². The van der Waals surface area contributed by atoms with Gasteiger partial charge in [0.25, 0.3) is 0 Å². The Morgan fingerprint density at radius 3 is 2.58 bits per heavy atom. The van der Waals surface area contributed by atoms with E-state index in [-0.39, 0.29) is 7.55 Å². The van der Waals surface area contributed by atoms with Crippen LogP contribution in [-0.4, -0.2) is 50.2 Å². The summed E-state index contributed by atoms with van der Waals surface area (Å²) in [4.78, 5) is 2.29. The highest BCUT2D eigenvalue weighted by atomic mass is 31.1. The van der Waals surface area contributed by atoms with Gasteiger partial charge in [-0.25, -0.2) is 0 Å².